The maximum atomic E-state index is 4.69. The molecule has 1 fully saturated rings. The Bertz CT molecular complexity index is 503. The van der Waals surface area contributed by atoms with Gasteiger partial charge in [0.25, 0.3) is 0 Å². The maximum absolute atomic E-state index is 4.69. The Kier molecular flexibility index (Phi) is 7.55. The number of likely N-dealkylation sites (tertiary alicyclic amines) is 1. The second-order valence-electron chi connectivity index (χ2n) is 5.79. The summed E-state index contributed by atoms with van der Waals surface area (Å²) in [5.41, 5.74) is 1.06. The lowest BCUT2D eigenvalue weighted by atomic mass is 10.1. The smallest absolute Gasteiger partial charge is 0.191 e. The number of aryl methyl sites for hydroxylation is 1. The van der Waals surface area contributed by atoms with Gasteiger partial charge < -0.3 is 10.6 Å². The van der Waals surface area contributed by atoms with Crippen molar-refractivity contribution >= 4 is 17.3 Å². The van der Waals surface area contributed by atoms with E-state index in [9.17, 15) is 0 Å². The van der Waals surface area contributed by atoms with E-state index in [2.05, 4.69) is 51.3 Å². The van der Waals surface area contributed by atoms with Crippen molar-refractivity contribution < 1.29 is 0 Å². The molecular weight excluding hydrogens is 306 g/mol. The zero-order valence-electron chi connectivity index (χ0n) is 14.3. The molecule has 6 heteroatoms. The highest BCUT2D eigenvalue weighted by atomic mass is 32.1. The Morgan fingerprint density at radius 2 is 2.26 bits per heavy atom. The Labute approximate surface area is 143 Å². The second-order valence-corrected chi connectivity index (χ2v) is 6.73. The fourth-order valence-corrected chi connectivity index (χ4v) is 3.44. The van der Waals surface area contributed by atoms with Crippen LogP contribution in [0.2, 0.25) is 0 Å². The van der Waals surface area contributed by atoms with Crippen LogP contribution >= 0.6 is 11.3 Å². The molecule has 0 atom stereocenters. The van der Waals surface area contributed by atoms with E-state index in [1.165, 1.54) is 5.01 Å². The molecule has 5 nitrogen and oxygen atoms in total. The Hall–Kier alpha value is -1.40. The monoisotopic (exact) mass is 335 g/mol. The van der Waals surface area contributed by atoms with Crippen LogP contribution in [0.15, 0.2) is 23.0 Å². The predicted octanol–water partition coefficient (Wildman–Crippen LogP) is 2.41. The van der Waals surface area contributed by atoms with Crippen LogP contribution in [0, 0.1) is 0 Å². The fraction of sp³-hybridized carbons (Fsp3) is 0.647. The van der Waals surface area contributed by atoms with Gasteiger partial charge in [0.15, 0.2) is 5.96 Å². The van der Waals surface area contributed by atoms with Crippen molar-refractivity contribution in [3.8, 4) is 0 Å². The molecule has 0 radical (unpaired) electrons. The maximum Gasteiger partial charge on any atom is 0.191 e. The van der Waals surface area contributed by atoms with Crippen molar-refractivity contribution in [3.63, 3.8) is 0 Å². The number of nitrogens with one attached hydrogen (secondary N) is 2. The third kappa shape index (κ3) is 5.95. The standard InChI is InChI=1S/C17H29N5S/c1-4-9-22-10-7-14(8-11-22)21-17(18-6-3)19-12-15-13-23-16(5-2)20-15/h4,13-14H,1,5-12H2,2-3H3,(H2,18,19,21). The van der Waals surface area contributed by atoms with Crippen molar-refractivity contribution in [2.45, 2.75) is 45.7 Å². The molecule has 0 bridgehead atoms. The van der Waals surface area contributed by atoms with Gasteiger partial charge in [0.05, 0.1) is 17.2 Å². The molecule has 0 amide bonds. The Morgan fingerprint density at radius 1 is 1.48 bits per heavy atom. The third-order valence-electron chi connectivity index (χ3n) is 3.96. The topological polar surface area (TPSA) is 52.5 Å². The number of rotatable bonds is 7. The summed E-state index contributed by atoms with van der Waals surface area (Å²) in [4.78, 5) is 11.7. The number of aromatic nitrogens is 1. The first-order chi connectivity index (χ1) is 11.2. The van der Waals surface area contributed by atoms with Crippen LogP contribution in [0.4, 0.5) is 0 Å². The summed E-state index contributed by atoms with van der Waals surface area (Å²) in [6, 6.07) is 0.496. The SMILES string of the molecule is C=CCN1CCC(NC(=NCc2csc(CC)n2)NCC)CC1. The highest BCUT2D eigenvalue weighted by molar-refractivity contribution is 7.09. The number of hydrogen-bond acceptors (Lipinski definition) is 4. The van der Waals surface area contributed by atoms with Gasteiger partial charge in [-0.1, -0.05) is 13.0 Å². The quantitative estimate of drug-likeness (QED) is 0.456. The first-order valence-corrected chi connectivity index (χ1v) is 9.44. The predicted molar refractivity (Wildman–Crippen MR) is 99.1 cm³/mol. The molecule has 1 aliphatic heterocycles. The van der Waals surface area contributed by atoms with E-state index < -0.39 is 0 Å². The molecule has 0 unspecified atom stereocenters. The minimum absolute atomic E-state index is 0.496. The average Bonchev–Trinajstić information content (AvgIpc) is 3.03. The summed E-state index contributed by atoms with van der Waals surface area (Å²) in [6.45, 7) is 12.8. The van der Waals surface area contributed by atoms with Crippen molar-refractivity contribution in [2.75, 3.05) is 26.2 Å². The van der Waals surface area contributed by atoms with Gasteiger partial charge in [0.2, 0.25) is 0 Å². The van der Waals surface area contributed by atoms with Crippen LogP contribution in [0.25, 0.3) is 0 Å². The summed E-state index contributed by atoms with van der Waals surface area (Å²) >= 11 is 1.72. The van der Waals surface area contributed by atoms with Gasteiger partial charge in [0, 0.05) is 37.6 Å². The average molecular weight is 336 g/mol. The van der Waals surface area contributed by atoms with Gasteiger partial charge in [-0.25, -0.2) is 9.98 Å². The number of nitrogens with zero attached hydrogens (tertiary/aromatic N) is 3. The van der Waals surface area contributed by atoms with Crippen molar-refractivity contribution in [1.29, 1.82) is 0 Å². The van der Waals surface area contributed by atoms with Gasteiger partial charge >= 0.3 is 0 Å². The number of aliphatic imine (C=N–C) groups is 1. The van der Waals surface area contributed by atoms with E-state index in [1.54, 1.807) is 11.3 Å². The van der Waals surface area contributed by atoms with E-state index in [0.717, 1.165) is 57.1 Å². The number of thiazole rings is 1. The zero-order chi connectivity index (χ0) is 16.5. The molecule has 0 saturated carbocycles. The molecule has 128 valence electrons. The summed E-state index contributed by atoms with van der Waals surface area (Å²) < 4.78 is 0. The van der Waals surface area contributed by atoms with Gasteiger partial charge in [-0.05, 0) is 26.2 Å². The van der Waals surface area contributed by atoms with Crippen LogP contribution in [-0.4, -0.2) is 48.1 Å². The van der Waals surface area contributed by atoms with Crippen LogP contribution in [-0.2, 0) is 13.0 Å². The lowest BCUT2D eigenvalue weighted by Crippen LogP contribution is -2.48. The van der Waals surface area contributed by atoms with Gasteiger partial charge in [-0.3, -0.25) is 4.90 Å². The minimum atomic E-state index is 0.496. The molecule has 0 aliphatic carbocycles. The van der Waals surface area contributed by atoms with E-state index in [-0.39, 0.29) is 0 Å². The molecule has 1 aromatic heterocycles. The van der Waals surface area contributed by atoms with E-state index in [4.69, 9.17) is 0 Å². The fourth-order valence-electron chi connectivity index (χ4n) is 2.70. The van der Waals surface area contributed by atoms with E-state index >= 15 is 0 Å². The molecular formula is C17H29N5S. The number of hydrogen-bond donors (Lipinski definition) is 2. The number of piperidine rings is 1. The molecule has 23 heavy (non-hydrogen) atoms. The van der Waals surface area contributed by atoms with Crippen molar-refractivity contribution in [2.24, 2.45) is 4.99 Å². The van der Waals surface area contributed by atoms with Crippen LogP contribution < -0.4 is 10.6 Å². The lowest BCUT2D eigenvalue weighted by Gasteiger charge is -2.32. The van der Waals surface area contributed by atoms with Crippen LogP contribution in [0.3, 0.4) is 0 Å². The summed E-state index contributed by atoms with van der Waals surface area (Å²) in [7, 11) is 0. The first-order valence-electron chi connectivity index (χ1n) is 8.56. The molecule has 0 spiro atoms. The minimum Gasteiger partial charge on any atom is -0.357 e. The van der Waals surface area contributed by atoms with Gasteiger partial charge in [-0.15, -0.1) is 17.9 Å². The molecule has 0 aromatic carbocycles. The highest BCUT2D eigenvalue weighted by Gasteiger charge is 2.19. The molecule has 2 N–H and O–H groups in total. The normalized spacial score (nSPS) is 17.2. The summed E-state index contributed by atoms with van der Waals surface area (Å²) in [6.07, 6.45) is 5.28. The van der Waals surface area contributed by atoms with Gasteiger partial charge in [-0.2, -0.15) is 0 Å². The third-order valence-corrected chi connectivity index (χ3v) is 5.00. The zero-order valence-corrected chi connectivity index (χ0v) is 15.2. The van der Waals surface area contributed by atoms with Crippen LogP contribution in [0.5, 0.6) is 0 Å². The van der Waals surface area contributed by atoms with Crippen molar-refractivity contribution in [3.05, 3.63) is 28.7 Å². The van der Waals surface area contributed by atoms with Gasteiger partial charge in [0.1, 0.15) is 0 Å². The number of guanidine groups is 1. The van der Waals surface area contributed by atoms with E-state index in [1.807, 2.05) is 6.08 Å². The van der Waals surface area contributed by atoms with E-state index in [0.29, 0.717) is 12.6 Å². The van der Waals surface area contributed by atoms with Crippen molar-refractivity contribution in [1.82, 2.24) is 20.5 Å². The Balaban J connectivity index is 1.85. The lowest BCUT2D eigenvalue weighted by molar-refractivity contribution is 0.225. The highest BCUT2D eigenvalue weighted by Crippen LogP contribution is 2.12. The largest absolute Gasteiger partial charge is 0.357 e. The summed E-state index contributed by atoms with van der Waals surface area (Å²) in [5, 5.41) is 10.2. The molecule has 1 aromatic rings. The molecule has 1 aliphatic rings. The molecule has 2 rings (SSSR count). The molecule has 2 heterocycles. The Morgan fingerprint density at radius 3 is 2.87 bits per heavy atom. The second kappa shape index (κ2) is 9.67. The first kappa shape index (κ1) is 17.9. The molecule has 1 saturated heterocycles. The van der Waals surface area contributed by atoms with Crippen LogP contribution in [0.1, 0.15) is 37.4 Å². The summed E-state index contributed by atoms with van der Waals surface area (Å²) in [5.74, 6) is 0.903.